The maximum absolute atomic E-state index is 11.5. The van der Waals surface area contributed by atoms with Crippen LogP contribution in [0, 0.1) is 11.3 Å². The molecule has 0 spiro atoms. The highest BCUT2D eigenvalue weighted by molar-refractivity contribution is 5.97. The van der Waals surface area contributed by atoms with E-state index in [4.69, 9.17) is 5.41 Å². The summed E-state index contributed by atoms with van der Waals surface area (Å²) in [6.45, 7) is 1.62. The van der Waals surface area contributed by atoms with Crippen molar-refractivity contribution in [2.75, 3.05) is 0 Å². The van der Waals surface area contributed by atoms with Gasteiger partial charge in [0, 0.05) is 0 Å². The Labute approximate surface area is 93.7 Å². The van der Waals surface area contributed by atoms with Crippen LogP contribution in [0.4, 0.5) is 0 Å². The van der Waals surface area contributed by atoms with Crippen LogP contribution in [0.5, 0.6) is 0 Å². The first-order chi connectivity index (χ1) is 7.65. The summed E-state index contributed by atoms with van der Waals surface area (Å²) in [5.41, 5.74) is 0.345. The maximum atomic E-state index is 11.5. The van der Waals surface area contributed by atoms with Gasteiger partial charge in [0.25, 0.3) is 0 Å². The average molecular weight is 219 g/mol. The van der Waals surface area contributed by atoms with Crippen LogP contribution < -0.4 is 0 Å². The van der Waals surface area contributed by atoms with E-state index >= 15 is 0 Å². The largest absolute Gasteiger partial charge is 0.389 e. The molecule has 0 aromatic heterocycles. The van der Waals surface area contributed by atoms with Gasteiger partial charge in [-0.15, -0.1) is 0 Å². The predicted octanol–water partition coefficient (Wildman–Crippen LogP) is 2.05. The SMILES string of the molecule is CC(CC=N)C(=O)OC(=O)c1ccccc1. The quantitative estimate of drug-likeness (QED) is 0.478. The second-order valence-corrected chi connectivity index (χ2v) is 3.42. The Morgan fingerprint density at radius 3 is 2.56 bits per heavy atom. The summed E-state index contributed by atoms with van der Waals surface area (Å²) in [4.78, 5) is 22.8. The molecule has 1 aromatic rings. The van der Waals surface area contributed by atoms with Gasteiger partial charge >= 0.3 is 11.9 Å². The van der Waals surface area contributed by atoms with Crippen LogP contribution in [0.3, 0.4) is 0 Å². The second-order valence-electron chi connectivity index (χ2n) is 3.42. The minimum absolute atomic E-state index is 0.279. The summed E-state index contributed by atoms with van der Waals surface area (Å²) in [7, 11) is 0. The van der Waals surface area contributed by atoms with Gasteiger partial charge in [0.1, 0.15) is 0 Å². The summed E-state index contributed by atoms with van der Waals surface area (Å²) in [5, 5.41) is 6.86. The molecular weight excluding hydrogens is 206 g/mol. The molecular formula is C12H13NO3. The van der Waals surface area contributed by atoms with Crippen molar-refractivity contribution in [1.29, 1.82) is 5.41 Å². The van der Waals surface area contributed by atoms with E-state index in [9.17, 15) is 9.59 Å². The van der Waals surface area contributed by atoms with Gasteiger partial charge in [-0.3, -0.25) is 4.79 Å². The van der Waals surface area contributed by atoms with Crippen LogP contribution in [-0.2, 0) is 9.53 Å². The monoisotopic (exact) mass is 219 g/mol. The molecule has 84 valence electrons. The van der Waals surface area contributed by atoms with Crippen molar-refractivity contribution in [3.63, 3.8) is 0 Å². The molecule has 0 amide bonds. The second kappa shape index (κ2) is 5.80. The molecule has 1 atom stereocenters. The topological polar surface area (TPSA) is 67.2 Å². The van der Waals surface area contributed by atoms with Gasteiger partial charge in [-0.1, -0.05) is 25.1 Å². The zero-order chi connectivity index (χ0) is 12.0. The number of hydrogen-bond acceptors (Lipinski definition) is 4. The van der Waals surface area contributed by atoms with E-state index in [1.807, 2.05) is 0 Å². The third-order valence-electron chi connectivity index (χ3n) is 2.08. The number of carbonyl (C=O) groups is 2. The molecule has 1 N–H and O–H groups in total. The Balaban J connectivity index is 2.58. The molecule has 0 aliphatic rings. The predicted molar refractivity (Wildman–Crippen MR) is 59.4 cm³/mol. The molecule has 0 aliphatic carbocycles. The van der Waals surface area contributed by atoms with Gasteiger partial charge in [-0.25, -0.2) is 4.79 Å². The van der Waals surface area contributed by atoms with Gasteiger partial charge < -0.3 is 10.1 Å². The van der Waals surface area contributed by atoms with E-state index in [1.165, 1.54) is 0 Å². The molecule has 4 heteroatoms. The van der Waals surface area contributed by atoms with Crippen molar-refractivity contribution in [2.24, 2.45) is 5.92 Å². The molecule has 4 nitrogen and oxygen atoms in total. The van der Waals surface area contributed by atoms with E-state index in [0.29, 0.717) is 5.56 Å². The van der Waals surface area contributed by atoms with Crippen molar-refractivity contribution in [1.82, 2.24) is 0 Å². The smallest absolute Gasteiger partial charge is 0.345 e. The normalized spacial score (nSPS) is 11.6. The number of esters is 2. The number of ether oxygens (including phenoxy) is 1. The van der Waals surface area contributed by atoms with Gasteiger partial charge in [-0.05, 0) is 24.8 Å². The van der Waals surface area contributed by atoms with Gasteiger partial charge in [-0.2, -0.15) is 0 Å². The number of nitrogens with one attached hydrogen (secondary N) is 1. The molecule has 0 radical (unpaired) electrons. The first kappa shape index (κ1) is 12.1. The van der Waals surface area contributed by atoms with Crippen molar-refractivity contribution in [2.45, 2.75) is 13.3 Å². The van der Waals surface area contributed by atoms with Gasteiger partial charge in [0.05, 0.1) is 11.5 Å². The van der Waals surface area contributed by atoms with E-state index in [2.05, 4.69) is 4.74 Å². The lowest BCUT2D eigenvalue weighted by molar-refractivity contribution is -0.141. The van der Waals surface area contributed by atoms with Crippen LogP contribution >= 0.6 is 0 Å². The van der Waals surface area contributed by atoms with E-state index in [1.54, 1.807) is 37.3 Å². The molecule has 0 bridgehead atoms. The van der Waals surface area contributed by atoms with Crippen LogP contribution in [-0.4, -0.2) is 18.2 Å². The summed E-state index contributed by atoms with van der Waals surface area (Å²) >= 11 is 0. The minimum atomic E-state index is -0.651. The average Bonchev–Trinajstić information content (AvgIpc) is 2.30. The highest BCUT2D eigenvalue weighted by atomic mass is 16.6. The van der Waals surface area contributed by atoms with Crippen molar-refractivity contribution >= 4 is 18.2 Å². The van der Waals surface area contributed by atoms with Gasteiger partial charge in [0.15, 0.2) is 0 Å². The molecule has 1 aromatic carbocycles. The van der Waals surface area contributed by atoms with Crippen LogP contribution in [0.2, 0.25) is 0 Å². The summed E-state index contributed by atoms with van der Waals surface area (Å²) in [5.74, 6) is -1.72. The molecule has 0 saturated carbocycles. The first-order valence-corrected chi connectivity index (χ1v) is 4.95. The zero-order valence-electron chi connectivity index (χ0n) is 8.97. The highest BCUT2D eigenvalue weighted by Gasteiger charge is 2.18. The Kier molecular flexibility index (Phi) is 4.39. The van der Waals surface area contributed by atoms with Gasteiger partial charge in [0.2, 0.25) is 0 Å². The highest BCUT2D eigenvalue weighted by Crippen LogP contribution is 2.06. The lowest BCUT2D eigenvalue weighted by Crippen LogP contribution is -2.19. The fourth-order valence-corrected chi connectivity index (χ4v) is 1.10. The van der Waals surface area contributed by atoms with Crippen LogP contribution in [0.1, 0.15) is 23.7 Å². The molecule has 16 heavy (non-hydrogen) atoms. The van der Waals surface area contributed by atoms with Crippen molar-refractivity contribution in [3.05, 3.63) is 35.9 Å². The summed E-state index contributed by atoms with van der Waals surface area (Å²) in [6.07, 6.45) is 1.40. The molecule has 1 unspecified atom stereocenters. The fraction of sp³-hybridized carbons (Fsp3) is 0.250. The molecule has 1 rings (SSSR count). The fourth-order valence-electron chi connectivity index (χ4n) is 1.10. The Hall–Kier alpha value is -1.97. The van der Waals surface area contributed by atoms with Crippen molar-refractivity contribution in [3.8, 4) is 0 Å². The molecule has 0 fully saturated rings. The van der Waals surface area contributed by atoms with E-state index < -0.39 is 17.9 Å². The Bertz CT molecular complexity index is 387. The Morgan fingerprint density at radius 2 is 2.00 bits per heavy atom. The number of benzene rings is 1. The van der Waals surface area contributed by atoms with Crippen LogP contribution in [0.15, 0.2) is 30.3 Å². The molecule has 0 aliphatic heterocycles. The number of rotatable bonds is 4. The Morgan fingerprint density at radius 1 is 1.38 bits per heavy atom. The summed E-state index contributed by atoms with van der Waals surface area (Å²) < 4.78 is 4.67. The lowest BCUT2D eigenvalue weighted by Gasteiger charge is -2.07. The van der Waals surface area contributed by atoms with E-state index in [-0.39, 0.29) is 6.42 Å². The molecule has 0 saturated heterocycles. The third-order valence-corrected chi connectivity index (χ3v) is 2.08. The van der Waals surface area contributed by atoms with E-state index in [0.717, 1.165) is 6.21 Å². The number of carbonyl (C=O) groups excluding carboxylic acids is 2. The lowest BCUT2D eigenvalue weighted by atomic mass is 10.1. The summed E-state index contributed by atoms with van der Waals surface area (Å²) in [6, 6.07) is 8.33. The molecule has 0 heterocycles. The van der Waals surface area contributed by atoms with Crippen molar-refractivity contribution < 1.29 is 14.3 Å². The minimum Gasteiger partial charge on any atom is -0.389 e. The zero-order valence-corrected chi connectivity index (χ0v) is 8.97. The maximum Gasteiger partial charge on any atom is 0.345 e. The van der Waals surface area contributed by atoms with Crippen LogP contribution in [0.25, 0.3) is 0 Å². The standard InChI is InChI=1S/C12H13NO3/c1-9(7-8-13)11(14)16-12(15)10-5-3-2-4-6-10/h2-6,8-9,13H,7H2,1H3. The first-order valence-electron chi connectivity index (χ1n) is 4.95. The third kappa shape index (κ3) is 3.31. The number of hydrogen-bond donors (Lipinski definition) is 1.